The van der Waals surface area contributed by atoms with Gasteiger partial charge in [0, 0.05) is 0 Å². The highest BCUT2D eigenvalue weighted by Crippen LogP contribution is 2.38. The van der Waals surface area contributed by atoms with Gasteiger partial charge in [-0.2, -0.15) is 0 Å². The van der Waals surface area contributed by atoms with E-state index in [-0.39, 0.29) is 11.2 Å². The molecule has 0 spiro atoms. The second-order valence-corrected chi connectivity index (χ2v) is 7.66. The Morgan fingerprint density at radius 3 is 1.16 bits per heavy atom. The Bertz CT molecular complexity index is 228. The van der Waals surface area contributed by atoms with Crippen LogP contribution in [0.25, 0.3) is 0 Å². The molecule has 0 N–H and O–H groups in total. The fourth-order valence-corrected chi connectivity index (χ4v) is 2.94. The summed E-state index contributed by atoms with van der Waals surface area (Å²) in [6, 6.07) is 0. The molecule has 0 saturated heterocycles. The minimum atomic E-state index is -0.0688. The molecule has 116 valence electrons. The number of hydrogen-bond donors (Lipinski definition) is 0. The van der Waals surface area contributed by atoms with E-state index >= 15 is 0 Å². The summed E-state index contributed by atoms with van der Waals surface area (Å²) < 4.78 is 6.59. The quantitative estimate of drug-likeness (QED) is 0.531. The van der Waals surface area contributed by atoms with Gasteiger partial charge in [0.1, 0.15) is 0 Å². The molecule has 0 aromatic heterocycles. The molecule has 0 aromatic carbocycles. The minimum absolute atomic E-state index is 0.0688. The van der Waals surface area contributed by atoms with E-state index in [9.17, 15) is 0 Å². The van der Waals surface area contributed by atoms with Crippen LogP contribution in [0.4, 0.5) is 0 Å². The normalized spacial score (nSPS) is 19.9. The summed E-state index contributed by atoms with van der Waals surface area (Å²) in [7, 11) is 0. The Morgan fingerprint density at radius 2 is 0.947 bits per heavy atom. The maximum Gasteiger partial charge on any atom is 0.0661 e. The van der Waals surface area contributed by atoms with Crippen LogP contribution in [-0.4, -0.2) is 11.2 Å². The van der Waals surface area contributed by atoms with Gasteiger partial charge in [-0.05, 0) is 51.4 Å². The Labute approximate surface area is 122 Å². The highest BCUT2D eigenvalue weighted by Gasteiger charge is 2.39. The molecule has 0 bridgehead atoms. The average Bonchev–Trinajstić information content (AvgIpc) is 2.33. The molecule has 19 heavy (non-hydrogen) atoms. The highest BCUT2D eigenvalue weighted by atomic mass is 16.5. The Kier molecular flexibility index (Phi) is 7.09. The van der Waals surface area contributed by atoms with Crippen molar-refractivity contribution in [3.63, 3.8) is 0 Å². The van der Waals surface area contributed by atoms with Gasteiger partial charge in [-0.1, -0.05) is 54.4 Å². The van der Waals surface area contributed by atoms with Crippen molar-refractivity contribution in [3.05, 3.63) is 0 Å². The van der Waals surface area contributed by atoms with E-state index in [1.807, 2.05) is 0 Å². The summed E-state index contributed by atoms with van der Waals surface area (Å²) in [5, 5.41) is 0. The lowest BCUT2D eigenvalue weighted by atomic mass is 9.78. The molecule has 1 nitrogen and oxygen atoms in total. The van der Waals surface area contributed by atoms with Crippen molar-refractivity contribution in [1.29, 1.82) is 0 Å². The first kappa shape index (κ1) is 19.0. The predicted octanol–water partition coefficient (Wildman–Crippen LogP) is 5.92. The van der Waals surface area contributed by atoms with Gasteiger partial charge in [-0.15, -0.1) is 0 Å². The van der Waals surface area contributed by atoms with Crippen molar-refractivity contribution in [3.8, 4) is 0 Å². The zero-order valence-corrected chi connectivity index (χ0v) is 15.1. The monoisotopic (exact) mass is 270 g/mol. The summed E-state index contributed by atoms with van der Waals surface area (Å²) >= 11 is 0. The summed E-state index contributed by atoms with van der Waals surface area (Å²) in [5.41, 5.74) is -0.138. The highest BCUT2D eigenvalue weighted by molar-refractivity contribution is 4.87. The van der Waals surface area contributed by atoms with Crippen LogP contribution in [0.2, 0.25) is 0 Å². The summed E-state index contributed by atoms with van der Waals surface area (Å²) in [6.45, 7) is 22.9. The molecule has 0 aliphatic rings. The van der Waals surface area contributed by atoms with Crippen molar-refractivity contribution in [2.45, 2.75) is 93.3 Å². The SMILES string of the molecule is CCC(C)C(C)C(C)(C)OC(C)(C)C(C)C(C)CC. The molecule has 0 fully saturated rings. The van der Waals surface area contributed by atoms with Gasteiger partial charge in [0.05, 0.1) is 11.2 Å². The second kappa shape index (κ2) is 7.11. The van der Waals surface area contributed by atoms with E-state index in [1.54, 1.807) is 0 Å². The zero-order chi connectivity index (χ0) is 15.4. The van der Waals surface area contributed by atoms with E-state index < -0.39 is 0 Å². The molecule has 1 heteroatoms. The average molecular weight is 271 g/mol. The molecule has 0 saturated carbocycles. The second-order valence-electron chi connectivity index (χ2n) is 7.66. The van der Waals surface area contributed by atoms with Crippen LogP contribution in [0.15, 0.2) is 0 Å². The molecule has 0 rings (SSSR count). The van der Waals surface area contributed by atoms with Crippen LogP contribution in [0.5, 0.6) is 0 Å². The van der Waals surface area contributed by atoms with Gasteiger partial charge in [0.25, 0.3) is 0 Å². The first-order chi connectivity index (χ1) is 8.49. The predicted molar refractivity (Wildman–Crippen MR) is 86.5 cm³/mol. The van der Waals surface area contributed by atoms with Crippen LogP contribution in [0, 0.1) is 23.7 Å². The fraction of sp³-hybridized carbons (Fsp3) is 1.00. The first-order valence-corrected chi connectivity index (χ1v) is 8.19. The Balaban J connectivity index is 4.89. The van der Waals surface area contributed by atoms with E-state index in [2.05, 4.69) is 69.2 Å². The van der Waals surface area contributed by atoms with Gasteiger partial charge in [0.15, 0.2) is 0 Å². The van der Waals surface area contributed by atoms with Crippen molar-refractivity contribution in [2.75, 3.05) is 0 Å². The molecular weight excluding hydrogens is 232 g/mol. The van der Waals surface area contributed by atoms with E-state index in [1.165, 1.54) is 12.8 Å². The van der Waals surface area contributed by atoms with Crippen molar-refractivity contribution in [2.24, 2.45) is 23.7 Å². The maximum absolute atomic E-state index is 6.59. The van der Waals surface area contributed by atoms with Crippen LogP contribution in [0.3, 0.4) is 0 Å². The van der Waals surface area contributed by atoms with E-state index in [0.717, 1.165) is 0 Å². The van der Waals surface area contributed by atoms with Crippen LogP contribution in [0.1, 0.15) is 82.1 Å². The standard InChI is InChI=1S/C18H38O/c1-11-13(3)15(5)17(7,8)19-18(9,10)16(6)14(4)12-2/h13-16H,11-12H2,1-10H3. The van der Waals surface area contributed by atoms with Crippen LogP contribution in [-0.2, 0) is 4.74 Å². The molecule has 0 radical (unpaired) electrons. The molecule has 4 atom stereocenters. The fourth-order valence-electron chi connectivity index (χ4n) is 2.94. The van der Waals surface area contributed by atoms with Gasteiger partial charge in [-0.3, -0.25) is 0 Å². The van der Waals surface area contributed by atoms with Crippen LogP contribution >= 0.6 is 0 Å². The first-order valence-electron chi connectivity index (χ1n) is 8.19. The summed E-state index contributed by atoms with van der Waals surface area (Å²) in [5.74, 6) is 2.54. The Hall–Kier alpha value is -0.0400. The molecule has 0 amide bonds. The van der Waals surface area contributed by atoms with Gasteiger partial charge in [-0.25, -0.2) is 0 Å². The largest absolute Gasteiger partial charge is 0.369 e. The Morgan fingerprint density at radius 1 is 0.684 bits per heavy atom. The molecule has 0 aliphatic carbocycles. The lowest BCUT2D eigenvalue weighted by molar-refractivity contribution is -0.181. The third-order valence-corrected chi connectivity index (χ3v) is 5.71. The molecular formula is C18H38O. The third kappa shape index (κ3) is 5.10. The zero-order valence-electron chi connectivity index (χ0n) is 15.1. The maximum atomic E-state index is 6.59. The summed E-state index contributed by atoms with van der Waals surface area (Å²) in [4.78, 5) is 0. The minimum Gasteiger partial charge on any atom is -0.369 e. The van der Waals surface area contributed by atoms with Crippen molar-refractivity contribution < 1.29 is 4.74 Å². The van der Waals surface area contributed by atoms with Gasteiger partial charge < -0.3 is 4.74 Å². The van der Waals surface area contributed by atoms with Crippen LogP contribution < -0.4 is 0 Å². The molecule has 0 heterocycles. The third-order valence-electron chi connectivity index (χ3n) is 5.71. The van der Waals surface area contributed by atoms with E-state index in [0.29, 0.717) is 23.7 Å². The topological polar surface area (TPSA) is 9.23 Å². The number of rotatable bonds is 8. The molecule has 0 aromatic rings. The van der Waals surface area contributed by atoms with Gasteiger partial charge in [0.2, 0.25) is 0 Å². The molecule has 4 unspecified atom stereocenters. The number of hydrogen-bond acceptors (Lipinski definition) is 1. The van der Waals surface area contributed by atoms with Gasteiger partial charge >= 0.3 is 0 Å². The lowest BCUT2D eigenvalue weighted by Crippen LogP contribution is -2.47. The van der Waals surface area contributed by atoms with Crippen molar-refractivity contribution in [1.82, 2.24) is 0 Å². The van der Waals surface area contributed by atoms with Crippen molar-refractivity contribution >= 4 is 0 Å². The summed E-state index contributed by atoms with van der Waals surface area (Å²) in [6.07, 6.45) is 2.44. The smallest absolute Gasteiger partial charge is 0.0661 e. The number of ether oxygens (including phenoxy) is 1. The van der Waals surface area contributed by atoms with E-state index in [4.69, 9.17) is 4.74 Å². The molecule has 0 aliphatic heterocycles. The lowest BCUT2D eigenvalue weighted by Gasteiger charge is -2.45.